The van der Waals surface area contributed by atoms with Crippen LogP contribution in [0, 0.1) is 6.92 Å². The zero-order valence-corrected chi connectivity index (χ0v) is 19.3. The molecule has 0 aliphatic rings. The molecule has 0 aromatic carbocycles. The van der Waals surface area contributed by atoms with E-state index in [4.69, 9.17) is 13.8 Å². The number of aromatic nitrogens is 2. The number of hydrogen-bond acceptors (Lipinski definition) is 9. The molecule has 0 saturated heterocycles. The molecule has 1 amide bonds. The van der Waals surface area contributed by atoms with Crippen LogP contribution in [0.4, 0.5) is 0 Å². The number of amides is 1. The number of aromatic amines is 1. The molecular weight excluding hydrogens is 431 g/mol. The number of esters is 1. The highest BCUT2D eigenvalue weighted by molar-refractivity contribution is 7.53. The monoisotopic (exact) mass is 462 g/mol. The van der Waals surface area contributed by atoms with Crippen LogP contribution in [-0.4, -0.2) is 59.6 Å². The molecule has 2 atom stereocenters. The summed E-state index contributed by atoms with van der Waals surface area (Å²) >= 11 is 0. The number of hydrogen-bond donors (Lipinski definition) is 3. The SMILES string of the molecule is CCOC(=O)[C@@H](C)NC(Cn1cc(C)c(=O)[nH]c1=O)C(=O)NCP(=O)(OCC)OCC. The summed E-state index contributed by atoms with van der Waals surface area (Å²) in [6.07, 6.45) is 0.919. The van der Waals surface area contributed by atoms with Crippen molar-refractivity contribution in [1.82, 2.24) is 20.2 Å². The summed E-state index contributed by atoms with van der Waals surface area (Å²) in [6.45, 7) is 8.15. The molecular formula is C18H31N4O8P. The first-order valence-electron chi connectivity index (χ1n) is 9.95. The Bertz CT molecular complexity index is 903. The minimum absolute atomic E-state index is 0.126. The molecule has 12 nitrogen and oxygen atoms in total. The maximum absolute atomic E-state index is 12.8. The van der Waals surface area contributed by atoms with Crippen LogP contribution in [0.25, 0.3) is 0 Å². The Morgan fingerprint density at radius 1 is 1.16 bits per heavy atom. The summed E-state index contributed by atoms with van der Waals surface area (Å²) in [5.74, 6) is -1.23. The molecule has 0 bridgehead atoms. The van der Waals surface area contributed by atoms with Gasteiger partial charge >= 0.3 is 19.3 Å². The first-order valence-corrected chi connectivity index (χ1v) is 11.7. The molecule has 1 heterocycles. The first kappa shape index (κ1) is 26.8. The van der Waals surface area contributed by atoms with Crippen molar-refractivity contribution in [1.29, 1.82) is 0 Å². The van der Waals surface area contributed by atoms with Gasteiger partial charge in [-0.05, 0) is 34.6 Å². The van der Waals surface area contributed by atoms with Gasteiger partial charge in [0.05, 0.1) is 26.4 Å². The predicted molar refractivity (Wildman–Crippen MR) is 113 cm³/mol. The molecule has 1 aromatic rings. The number of aryl methyl sites for hydroxylation is 1. The molecule has 176 valence electrons. The van der Waals surface area contributed by atoms with Gasteiger partial charge in [-0.1, -0.05) is 0 Å². The van der Waals surface area contributed by atoms with E-state index in [2.05, 4.69) is 15.6 Å². The summed E-state index contributed by atoms with van der Waals surface area (Å²) in [7, 11) is -3.55. The fourth-order valence-corrected chi connectivity index (χ4v) is 4.01. The highest BCUT2D eigenvalue weighted by Gasteiger charge is 2.29. The third-order valence-corrected chi connectivity index (χ3v) is 5.92. The molecule has 31 heavy (non-hydrogen) atoms. The number of nitrogens with zero attached hydrogens (tertiary/aromatic N) is 1. The van der Waals surface area contributed by atoms with Crippen molar-refractivity contribution >= 4 is 19.5 Å². The van der Waals surface area contributed by atoms with Gasteiger partial charge in [-0.3, -0.25) is 33.8 Å². The number of carbonyl (C=O) groups is 2. The van der Waals surface area contributed by atoms with Crippen LogP contribution in [0.1, 0.15) is 33.3 Å². The van der Waals surface area contributed by atoms with Gasteiger partial charge in [0.2, 0.25) is 5.91 Å². The lowest BCUT2D eigenvalue weighted by Crippen LogP contribution is -2.53. The van der Waals surface area contributed by atoms with Crippen LogP contribution in [0.5, 0.6) is 0 Å². The zero-order chi connectivity index (χ0) is 23.6. The standard InChI is InChI=1S/C18H31N4O8P/c1-6-28-17(25)13(5)20-14(10-22-9-12(4)15(23)21-18(22)26)16(24)19-11-31(27,29-7-2)30-8-3/h9,13-14,20H,6-8,10-11H2,1-5H3,(H,19,24)(H,21,23,26)/t13-,14?/m1/s1. The Morgan fingerprint density at radius 2 is 1.77 bits per heavy atom. The second-order valence-electron chi connectivity index (χ2n) is 6.56. The number of rotatable bonds is 13. The quantitative estimate of drug-likeness (QED) is 0.273. The number of carbonyl (C=O) groups excluding carboxylic acids is 2. The van der Waals surface area contributed by atoms with E-state index in [9.17, 15) is 23.7 Å². The number of ether oxygens (including phenoxy) is 1. The molecule has 0 saturated carbocycles. The van der Waals surface area contributed by atoms with Gasteiger partial charge in [0.15, 0.2) is 0 Å². The van der Waals surface area contributed by atoms with Crippen LogP contribution in [0.2, 0.25) is 0 Å². The molecule has 0 radical (unpaired) electrons. The van der Waals surface area contributed by atoms with E-state index in [0.717, 1.165) is 4.57 Å². The summed E-state index contributed by atoms with van der Waals surface area (Å²) in [4.78, 5) is 50.7. The average Bonchev–Trinajstić information content (AvgIpc) is 2.70. The van der Waals surface area contributed by atoms with Gasteiger partial charge in [0, 0.05) is 11.8 Å². The van der Waals surface area contributed by atoms with Crippen molar-refractivity contribution in [3.63, 3.8) is 0 Å². The van der Waals surface area contributed by atoms with E-state index in [1.807, 2.05) is 0 Å². The smallest absolute Gasteiger partial charge is 0.349 e. The second-order valence-corrected chi connectivity index (χ2v) is 8.62. The van der Waals surface area contributed by atoms with Crippen molar-refractivity contribution in [2.45, 2.75) is 53.2 Å². The van der Waals surface area contributed by atoms with E-state index < -0.39 is 42.8 Å². The third kappa shape index (κ3) is 8.41. The van der Waals surface area contributed by atoms with Crippen molar-refractivity contribution < 1.29 is 27.9 Å². The maximum Gasteiger partial charge on any atom is 0.349 e. The molecule has 13 heteroatoms. The van der Waals surface area contributed by atoms with Crippen molar-refractivity contribution in [2.75, 3.05) is 26.1 Å². The summed E-state index contributed by atoms with van der Waals surface area (Å²) in [5.41, 5.74) is -0.979. The topological polar surface area (TPSA) is 158 Å². The lowest BCUT2D eigenvalue weighted by molar-refractivity contribution is -0.145. The molecule has 0 aliphatic carbocycles. The molecule has 0 aliphatic heterocycles. The van der Waals surface area contributed by atoms with Gasteiger partial charge in [-0.15, -0.1) is 0 Å². The van der Waals surface area contributed by atoms with Gasteiger partial charge in [-0.2, -0.15) is 0 Å². The molecule has 0 fully saturated rings. The van der Waals surface area contributed by atoms with E-state index in [-0.39, 0.29) is 38.2 Å². The molecule has 1 rings (SSSR count). The third-order valence-electron chi connectivity index (χ3n) is 4.07. The Hall–Kier alpha value is -2.27. The van der Waals surface area contributed by atoms with Crippen molar-refractivity contribution in [3.05, 3.63) is 32.6 Å². The summed E-state index contributed by atoms with van der Waals surface area (Å²) < 4.78 is 29.0. The van der Waals surface area contributed by atoms with Crippen LogP contribution < -0.4 is 21.9 Å². The van der Waals surface area contributed by atoms with E-state index in [0.29, 0.717) is 0 Å². The van der Waals surface area contributed by atoms with E-state index in [1.165, 1.54) is 20.0 Å². The number of nitrogens with one attached hydrogen (secondary N) is 3. The lowest BCUT2D eigenvalue weighted by Gasteiger charge is -2.24. The van der Waals surface area contributed by atoms with Crippen molar-refractivity contribution in [3.8, 4) is 0 Å². The Morgan fingerprint density at radius 3 is 2.32 bits per heavy atom. The lowest BCUT2D eigenvalue weighted by atomic mass is 10.2. The number of H-pyrrole nitrogens is 1. The van der Waals surface area contributed by atoms with E-state index in [1.54, 1.807) is 20.8 Å². The summed E-state index contributed by atoms with van der Waals surface area (Å²) in [5, 5.41) is 5.28. The molecule has 1 unspecified atom stereocenters. The van der Waals surface area contributed by atoms with Gasteiger partial charge in [-0.25, -0.2) is 4.79 Å². The fourth-order valence-electron chi connectivity index (χ4n) is 2.62. The normalized spacial score (nSPS) is 13.5. The maximum atomic E-state index is 12.8. The Balaban J connectivity index is 3.08. The Kier molecular flexibility index (Phi) is 10.8. The zero-order valence-electron chi connectivity index (χ0n) is 18.4. The Labute approximate surface area is 180 Å². The van der Waals surface area contributed by atoms with Gasteiger partial charge < -0.3 is 19.1 Å². The van der Waals surface area contributed by atoms with Gasteiger partial charge in [0.1, 0.15) is 18.4 Å². The molecule has 1 aromatic heterocycles. The first-order chi connectivity index (χ1) is 14.6. The van der Waals surface area contributed by atoms with Crippen molar-refractivity contribution in [2.24, 2.45) is 0 Å². The predicted octanol–water partition coefficient (Wildman–Crippen LogP) is 0.0946. The second kappa shape index (κ2) is 12.6. The minimum atomic E-state index is -3.55. The molecule has 0 spiro atoms. The largest absolute Gasteiger partial charge is 0.465 e. The van der Waals surface area contributed by atoms with Crippen LogP contribution in [0.3, 0.4) is 0 Å². The van der Waals surface area contributed by atoms with Gasteiger partial charge in [0.25, 0.3) is 5.56 Å². The average molecular weight is 462 g/mol. The van der Waals surface area contributed by atoms with Crippen LogP contribution in [-0.2, 0) is 34.5 Å². The summed E-state index contributed by atoms with van der Waals surface area (Å²) in [6, 6.07) is -1.97. The van der Waals surface area contributed by atoms with Crippen LogP contribution in [0.15, 0.2) is 15.8 Å². The van der Waals surface area contributed by atoms with E-state index >= 15 is 0 Å². The van der Waals surface area contributed by atoms with Crippen LogP contribution >= 0.6 is 7.60 Å². The highest BCUT2D eigenvalue weighted by Crippen LogP contribution is 2.46. The fraction of sp³-hybridized carbons (Fsp3) is 0.667. The minimum Gasteiger partial charge on any atom is -0.465 e. The highest BCUT2D eigenvalue weighted by atomic mass is 31.2. The molecule has 3 N–H and O–H groups in total.